The zero-order valence-electron chi connectivity index (χ0n) is 11.3. The predicted molar refractivity (Wildman–Crippen MR) is 72.1 cm³/mol. The summed E-state index contributed by atoms with van der Waals surface area (Å²) in [6, 6.07) is 4.03. The van der Waals surface area contributed by atoms with Crippen LogP contribution in [0.15, 0.2) is 23.1 Å². The van der Waals surface area contributed by atoms with E-state index in [9.17, 15) is 18.3 Å². The Labute approximate surface area is 117 Å². The molecule has 1 aromatic carbocycles. The Bertz CT molecular complexity index is 647. The summed E-state index contributed by atoms with van der Waals surface area (Å²) < 4.78 is 25.8. The van der Waals surface area contributed by atoms with Crippen LogP contribution in [0.3, 0.4) is 0 Å². The van der Waals surface area contributed by atoms with Crippen LogP contribution in [0.1, 0.15) is 29.3 Å². The number of aliphatic hydroxyl groups is 1. The van der Waals surface area contributed by atoms with E-state index in [0.717, 1.165) is 10.4 Å². The van der Waals surface area contributed by atoms with Crippen LogP contribution in [0.5, 0.6) is 0 Å². The molecule has 2 rings (SSSR count). The standard InChI is InChI=1S/C13H17NO5S/c1-3-13(17)7-14(8-13)20(18,19)10-5-4-9(2)11(6-10)12(15)16/h4-6,17H,3,7-8H2,1-2H3,(H,15,16). The Morgan fingerprint density at radius 1 is 1.40 bits per heavy atom. The number of aromatic carboxylic acids is 1. The lowest BCUT2D eigenvalue weighted by Gasteiger charge is -2.44. The van der Waals surface area contributed by atoms with E-state index in [1.807, 2.05) is 0 Å². The van der Waals surface area contributed by atoms with Gasteiger partial charge in [0.05, 0.1) is 16.1 Å². The van der Waals surface area contributed by atoms with Crippen molar-refractivity contribution in [2.24, 2.45) is 0 Å². The van der Waals surface area contributed by atoms with Crippen molar-refractivity contribution in [1.29, 1.82) is 0 Å². The number of aryl methyl sites for hydroxylation is 1. The zero-order valence-corrected chi connectivity index (χ0v) is 12.1. The lowest BCUT2D eigenvalue weighted by Crippen LogP contribution is -2.62. The van der Waals surface area contributed by atoms with E-state index in [1.165, 1.54) is 12.1 Å². The van der Waals surface area contributed by atoms with Gasteiger partial charge in [0.15, 0.2) is 0 Å². The van der Waals surface area contributed by atoms with Crippen molar-refractivity contribution in [2.75, 3.05) is 13.1 Å². The van der Waals surface area contributed by atoms with E-state index >= 15 is 0 Å². The summed E-state index contributed by atoms with van der Waals surface area (Å²) in [5.41, 5.74) is -0.490. The van der Waals surface area contributed by atoms with Gasteiger partial charge in [0, 0.05) is 13.1 Å². The number of carbonyl (C=O) groups is 1. The molecule has 0 unspecified atom stereocenters. The van der Waals surface area contributed by atoms with Gasteiger partial charge in [-0.25, -0.2) is 13.2 Å². The highest BCUT2D eigenvalue weighted by molar-refractivity contribution is 7.89. The first-order valence-electron chi connectivity index (χ1n) is 6.26. The highest BCUT2D eigenvalue weighted by Gasteiger charge is 2.46. The molecular formula is C13H17NO5S. The van der Waals surface area contributed by atoms with Gasteiger partial charge in [-0.15, -0.1) is 0 Å². The third-order valence-corrected chi connectivity index (χ3v) is 5.46. The van der Waals surface area contributed by atoms with Gasteiger partial charge < -0.3 is 10.2 Å². The average Bonchev–Trinajstić information content (AvgIpc) is 2.34. The van der Waals surface area contributed by atoms with Gasteiger partial charge in [-0.1, -0.05) is 13.0 Å². The first kappa shape index (κ1) is 15.0. The summed E-state index contributed by atoms with van der Waals surface area (Å²) in [7, 11) is -3.75. The van der Waals surface area contributed by atoms with Gasteiger partial charge in [0.25, 0.3) is 0 Å². The number of nitrogens with zero attached hydrogens (tertiary/aromatic N) is 1. The molecule has 110 valence electrons. The summed E-state index contributed by atoms with van der Waals surface area (Å²) in [5, 5.41) is 18.9. The summed E-state index contributed by atoms with van der Waals surface area (Å²) in [6.45, 7) is 3.49. The quantitative estimate of drug-likeness (QED) is 0.859. The second-order valence-electron chi connectivity index (χ2n) is 5.13. The summed E-state index contributed by atoms with van der Waals surface area (Å²) in [5.74, 6) is -1.16. The minimum Gasteiger partial charge on any atom is -0.478 e. The Morgan fingerprint density at radius 2 is 2.00 bits per heavy atom. The summed E-state index contributed by atoms with van der Waals surface area (Å²) in [6.07, 6.45) is 0.479. The first-order valence-corrected chi connectivity index (χ1v) is 7.70. The van der Waals surface area contributed by atoms with Gasteiger partial charge >= 0.3 is 5.97 Å². The minimum atomic E-state index is -3.75. The third kappa shape index (κ3) is 2.44. The number of hydrogen-bond acceptors (Lipinski definition) is 4. The Morgan fingerprint density at radius 3 is 2.50 bits per heavy atom. The summed E-state index contributed by atoms with van der Waals surface area (Å²) in [4.78, 5) is 11.0. The molecule has 1 heterocycles. The maximum absolute atomic E-state index is 12.3. The van der Waals surface area contributed by atoms with E-state index < -0.39 is 21.6 Å². The number of β-amino-alcohol motifs (C(OH)–C–C–N with tert-alkyl or cyclic N) is 1. The fourth-order valence-corrected chi connectivity index (χ4v) is 3.77. The maximum atomic E-state index is 12.3. The van der Waals surface area contributed by atoms with Crippen molar-refractivity contribution < 1.29 is 23.4 Å². The van der Waals surface area contributed by atoms with Crippen LogP contribution >= 0.6 is 0 Å². The summed E-state index contributed by atoms with van der Waals surface area (Å²) >= 11 is 0. The molecule has 20 heavy (non-hydrogen) atoms. The van der Waals surface area contributed by atoms with Gasteiger partial charge in [0.1, 0.15) is 0 Å². The van der Waals surface area contributed by atoms with Crippen LogP contribution in [0.4, 0.5) is 0 Å². The van der Waals surface area contributed by atoms with Crippen LogP contribution in [-0.4, -0.2) is 47.6 Å². The number of rotatable bonds is 4. The van der Waals surface area contributed by atoms with Crippen LogP contribution in [0.25, 0.3) is 0 Å². The third-order valence-electron chi connectivity index (χ3n) is 3.68. The number of sulfonamides is 1. The molecule has 0 spiro atoms. The minimum absolute atomic E-state index is 0.0302. The SMILES string of the molecule is CCC1(O)CN(S(=O)(=O)c2ccc(C)c(C(=O)O)c2)C1. The van der Waals surface area contributed by atoms with Crippen LogP contribution in [-0.2, 0) is 10.0 Å². The lowest BCUT2D eigenvalue weighted by atomic mass is 9.94. The van der Waals surface area contributed by atoms with E-state index in [4.69, 9.17) is 5.11 Å². The number of benzene rings is 1. The maximum Gasteiger partial charge on any atom is 0.335 e. The van der Waals surface area contributed by atoms with Crippen molar-refractivity contribution in [1.82, 2.24) is 4.31 Å². The molecule has 1 aliphatic rings. The molecule has 1 fully saturated rings. The molecular weight excluding hydrogens is 282 g/mol. The number of hydrogen-bond donors (Lipinski definition) is 2. The molecule has 0 aromatic heterocycles. The largest absolute Gasteiger partial charge is 0.478 e. The van der Waals surface area contributed by atoms with Gasteiger partial charge in [-0.3, -0.25) is 0 Å². The fraction of sp³-hybridized carbons (Fsp3) is 0.462. The molecule has 0 radical (unpaired) electrons. The second kappa shape index (κ2) is 4.83. The van der Waals surface area contributed by atoms with Crippen LogP contribution in [0.2, 0.25) is 0 Å². The Balaban J connectivity index is 2.32. The molecule has 6 nitrogen and oxygen atoms in total. The number of carboxylic acid groups (broad SMARTS) is 1. The van der Waals surface area contributed by atoms with E-state index in [2.05, 4.69) is 0 Å². The van der Waals surface area contributed by atoms with Gasteiger partial charge in [-0.2, -0.15) is 4.31 Å². The number of carboxylic acids is 1. The van der Waals surface area contributed by atoms with Gasteiger partial charge in [0.2, 0.25) is 10.0 Å². The van der Waals surface area contributed by atoms with E-state index in [1.54, 1.807) is 13.8 Å². The van der Waals surface area contributed by atoms with Crippen molar-refractivity contribution >= 4 is 16.0 Å². The Kier molecular flexibility index (Phi) is 3.62. The van der Waals surface area contributed by atoms with Crippen molar-refractivity contribution in [2.45, 2.75) is 30.8 Å². The molecule has 0 aliphatic carbocycles. The monoisotopic (exact) mass is 299 g/mol. The van der Waals surface area contributed by atoms with E-state index in [0.29, 0.717) is 12.0 Å². The molecule has 1 saturated heterocycles. The fourth-order valence-electron chi connectivity index (χ4n) is 2.14. The molecule has 1 aliphatic heterocycles. The van der Waals surface area contributed by atoms with Crippen molar-refractivity contribution in [3.8, 4) is 0 Å². The smallest absolute Gasteiger partial charge is 0.335 e. The highest BCUT2D eigenvalue weighted by Crippen LogP contribution is 2.30. The molecule has 0 bridgehead atoms. The molecule has 7 heteroatoms. The zero-order chi connectivity index (χ0) is 15.1. The molecule has 1 aromatic rings. The average molecular weight is 299 g/mol. The topological polar surface area (TPSA) is 94.9 Å². The predicted octanol–water partition coefficient (Wildman–Crippen LogP) is 0.839. The van der Waals surface area contributed by atoms with E-state index in [-0.39, 0.29) is 23.5 Å². The normalized spacial score (nSPS) is 18.6. The highest BCUT2D eigenvalue weighted by atomic mass is 32.2. The Hall–Kier alpha value is -1.44. The van der Waals surface area contributed by atoms with Crippen LogP contribution in [0, 0.1) is 6.92 Å². The molecule has 0 amide bonds. The van der Waals surface area contributed by atoms with Gasteiger partial charge in [-0.05, 0) is 31.0 Å². The second-order valence-corrected chi connectivity index (χ2v) is 7.07. The lowest BCUT2D eigenvalue weighted by molar-refractivity contribution is -0.0613. The molecule has 0 saturated carbocycles. The molecule has 2 N–H and O–H groups in total. The van der Waals surface area contributed by atoms with Crippen molar-refractivity contribution in [3.63, 3.8) is 0 Å². The first-order chi connectivity index (χ1) is 9.19. The van der Waals surface area contributed by atoms with Crippen LogP contribution < -0.4 is 0 Å². The van der Waals surface area contributed by atoms with Crippen molar-refractivity contribution in [3.05, 3.63) is 29.3 Å². The molecule has 0 atom stereocenters.